The maximum atomic E-state index is 13.1. The summed E-state index contributed by atoms with van der Waals surface area (Å²) in [5, 5.41) is 24.4. The van der Waals surface area contributed by atoms with Crippen LogP contribution in [0.2, 0.25) is 0 Å². The number of aryl methyl sites for hydroxylation is 1. The van der Waals surface area contributed by atoms with Gasteiger partial charge in [-0.05, 0) is 50.7 Å². The average Bonchev–Trinajstić information content (AvgIpc) is 3.16. The molecule has 1 aromatic heterocycles. The second-order valence-electron chi connectivity index (χ2n) is 9.86. The van der Waals surface area contributed by atoms with Crippen LogP contribution in [0, 0.1) is 24.2 Å². The van der Waals surface area contributed by atoms with Crippen molar-refractivity contribution in [2.24, 2.45) is 17.3 Å². The second-order valence-corrected chi connectivity index (χ2v) is 10.9. The fourth-order valence-corrected chi connectivity index (χ4v) is 4.75. The van der Waals surface area contributed by atoms with Crippen LogP contribution in [0.4, 0.5) is 0 Å². The van der Waals surface area contributed by atoms with Crippen molar-refractivity contribution < 1.29 is 24.5 Å². The molecular formula is C26H39NO5S. The summed E-state index contributed by atoms with van der Waals surface area (Å²) in [6.07, 6.45) is 6.28. The van der Waals surface area contributed by atoms with Crippen LogP contribution >= 0.6 is 11.3 Å². The number of nitrogens with zero attached hydrogens (tertiary/aromatic N) is 1. The molecule has 33 heavy (non-hydrogen) atoms. The van der Waals surface area contributed by atoms with Gasteiger partial charge in [-0.25, -0.2) is 4.98 Å². The van der Waals surface area contributed by atoms with E-state index in [0.717, 1.165) is 35.5 Å². The smallest absolute Gasteiger partial charge is 0.309 e. The average molecular weight is 478 g/mol. The van der Waals surface area contributed by atoms with Gasteiger partial charge in [0.1, 0.15) is 11.9 Å². The summed E-state index contributed by atoms with van der Waals surface area (Å²) in [6.45, 7) is 10.8. The summed E-state index contributed by atoms with van der Waals surface area (Å²) < 4.78 is 5.75. The highest BCUT2D eigenvalue weighted by Gasteiger charge is 2.42. The first-order chi connectivity index (χ1) is 15.4. The highest BCUT2D eigenvalue weighted by molar-refractivity contribution is 7.09. The van der Waals surface area contributed by atoms with E-state index < -0.39 is 35.6 Å². The molecule has 184 valence electrons. The molecule has 2 heterocycles. The quantitative estimate of drug-likeness (QED) is 0.466. The molecule has 0 aliphatic carbocycles. The standard InChI is InChI=1S/C26H39NO5S/c1-16-11-9-7-8-10-12-21(17(2)13-20-15-33-19(4)27-20)32-23(29)14-22(28)26(5,6)25(31)18(3)24(16)30/h8,10,13,15-16,18,21-22,24,28,30H,7,9,11-12,14H2,1-6H3/b10-8-,17-13+/t16-,18-,21+,22-,24-/m0/s1. The van der Waals surface area contributed by atoms with Gasteiger partial charge in [0.2, 0.25) is 0 Å². The van der Waals surface area contributed by atoms with Gasteiger partial charge in [-0.3, -0.25) is 9.59 Å². The van der Waals surface area contributed by atoms with E-state index >= 15 is 0 Å². The number of carbonyl (C=O) groups is 2. The first-order valence-electron chi connectivity index (χ1n) is 11.8. The number of aliphatic hydroxyl groups is 2. The molecule has 5 atom stereocenters. The summed E-state index contributed by atoms with van der Waals surface area (Å²) in [5.41, 5.74) is 0.513. The number of Topliss-reactive ketones (excluding diaryl/α,β-unsaturated/α-hetero) is 1. The molecule has 0 spiro atoms. The Balaban J connectivity index is 2.27. The molecule has 1 aliphatic rings. The predicted octanol–water partition coefficient (Wildman–Crippen LogP) is 4.88. The summed E-state index contributed by atoms with van der Waals surface area (Å²) in [7, 11) is 0. The maximum absolute atomic E-state index is 13.1. The molecule has 7 heteroatoms. The number of hydrogen-bond donors (Lipinski definition) is 2. The van der Waals surface area contributed by atoms with E-state index in [1.165, 1.54) is 0 Å². The number of ether oxygens (including phenoxy) is 1. The van der Waals surface area contributed by atoms with Crippen molar-refractivity contribution in [2.75, 3.05) is 0 Å². The number of ketones is 1. The van der Waals surface area contributed by atoms with Crippen LogP contribution in [0.5, 0.6) is 0 Å². The van der Waals surface area contributed by atoms with Crippen molar-refractivity contribution in [1.82, 2.24) is 4.98 Å². The van der Waals surface area contributed by atoms with Gasteiger partial charge in [0.25, 0.3) is 0 Å². The van der Waals surface area contributed by atoms with Crippen molar-refractivity contribution in [3.8, 4) is 0 Å². The molecule has 0 amide bonds. The van der Waals surface area contributed by atoms with Crippen LogP contribution in [-0.2, 0) is 14.3 Å². The van der Waals surface area contributed by atoms with Gasteiger partial charge in [-0.15, -0.1) is 11.3 Å². The van der Waals surface area contributed by atoms with Crippen molar-refractivity contribution in [2.45, 2.75) is 92.0 Å². The minimum Gasteiger partial charge on any atom is -0.457 e. The Hall–Kier alpha value is -1.83. The lowest BCUT2D eigenvalue weighted by Crippen LogP contribution is -2.45. The number of thiazole rings is 1. The van der Waals surface area contributed by atoms with Gasteiger partial charge < -0.3 is 14.9 Å². The van der Waals surface area contributed by atoms with Gasteiger partial charge in [-0.2, -0.15) is 0 Å². The Morgan fingerprint density at radius 2 is 1.94 bits per heavy atom. The number of esters is 1. The summed E-state index contributed by atoms with van der Waals surface area (Å²) in [6, 6.07) is 0. The molecule has 0 bridgehead atoms. The van der Waals surface area contributed by atoms with Crippen LogP contribution in [0.15, 0.2) is 23.1 Å². The Morgan fingerprint density at radius 3 is 2.58 bits per heavy atom. The van der Waals surface area contributed by atoms with Gasteiger partial charge in [0.05, 0.1) is 34.7 Å². The van der Waals surface area contributed by atoms with Crippen LogP contribution in [0.25, 0.3) is 6.08 Å². The normalized spacial score (nSPS) is 31.8. The van der Waals surface area contributed by atoms with E-state index in [1.807, 2.05) is 38.3 Å². The zero-order chi connectivity index (χ0) is 24.8. The number of aliphatic hydroxyl groups excluding tert-OH is 2. The molecule has 1 aromatic rings. The zero-order valence-corrected chi connectivity index (χ0v) is 21.5. The highest BCUT2D eigenvalue weighted by atomic mass is 32.1. The van der Waals surface area contributed by atoms with Crippen molar-refractivity contribution in [3.05, 3.63) is 33.8 Å². The van der Waals surface area contributed by atoms with E-state index in [0.29, 0.717) is 6.42 Å². The number of aromatic nitrogens is 1. The third-order valence-electron chi connectivity index (χ3n) is 6.68. The number of cyclic esters (lactones) is 1. The van der Waals surface area contributed by atoms with Crippen molar-refractivity contribution >= 4 is 29.2 Å². The predicted molar refractivity (Wildman–Crippen MR) is 132 cm³/mol. The van der Waals surface area contributed by atoms with Crippen LogP contribution in [0.3, 0.4) is 0 Å². The first-order valence-corrected chi connectivity index (χ1v) is 12.7. The van der Waals surface area contributed by atoms with E-state index in [4.69, 9.17) is 4.74 Å². The largest absolute Gasteiger partial charge is 0.457 e. The first kappa shape index (κ1) is 27.4. The maximum Gasteiger partial charge on any atom is 0.309 e. The third-order valence-corrected chi connectivity index (χ3v) is 7.47. The minimum atomic E-state index is -1.21. The van der Waals surface area contributed by atoms with Crippen molar-refractivity contribution in [3.63, 3.8) is 0 Å². The molecule has 0 saturated heterocycles. The number of allylic oxidation sites excluding steroid dienone is 1. The van der Waals surface area contributed by atoms with Crippen molar-refractivity contribution in [1.29, 1.82) is 0 Å². The molecule has 0 saturated carbocycles. The third kappa shape index (κ3) is 7.59. The van der Waals surface area contributed by atoms with E-state index in [1.54, 1.807) is 32.1 Å². The Bertz CT molecular complexity index is 872. The lowest BCUT2D eigenvalue weighted by molar-refractivity contribution is -0.154. The molecule has 6 nitrogen and oxygen atoms in total. The Kier molecular flexibility index (Phi) is 10.0. The van der Waals surface area contributed by atoms with Gasteiger partial charge in [0.15, 0.2) is 0 Å². The molecule has 2 N–H and O–H groups in total. The monoisotopic (exact) mass is 477 g/mol. The Morgan fingerprint density at radius 1 is 1.24 bits per heavy atom. The lowest BCUT2D eigenvalue weighted by Gasteiger charge is -2.34. The minimum absolute atomic E-state index is 0.0392. The number of hydrogen-bond acceptors (Lipinski definition) is 7. The highest BCUT2D eigenvalue weighted by Crippen LogP contribution is 2.32. The molecule has 1 aliphatic heterocycles. The number of carbonyl (C=O) groups excluding carboxylic acids is 2. The topological polar surface area (TPSA) is 96.7 Å². The molecule has 0 unspecified atom stereocenters. The fraction of sp³-hybridized carbons (Fsp3) is 0.654. The molecule has 2 rings (SSSR count). The lowest BCUT2D eigenvalue weighted by atomic mass is 9.73. The van der Waals surface area contributed by atoms with Crippen LogP contribution < -0.4 is 0 Å². The second kappa shape index (κ2) is 12.0. The number of rotatable bonds is 2. The molecular weight excluding hydrogens is 438 g/mol. The molecule has 0 aromatic carbocycles. The van der Waals surface area contributed by atoms with Gasteiger partial charge in [-0.1, -0.05) is 39.8 Å². The summed E-state index contributed by atoms with van der Waals surface area (Å²) in [4.78, 5) is 30.3. The molecule has 0 fully saturated rings. The van der Waals surface area contributed by atoms with Gasteiger partial charge >= 0.3 is 5.97 Å². The SMILES string of the molecule is C/C(=C\c1csc(C)n1)[C@H]1C/C=C\CCC[C@H](C)[C@H](O)[C@H](C)C(=O)C(C)(C)[C@@H](O)CC(=O)O1. The summed E-state index contributed by atoms with van der Waals surface area (Å²) in [5.74, 6) is -1.48. The Labute approximate surface area is 201 Å². The fourth-order valence-electron chi connectivity index (χ4n) is 4.18. The zero-order valence-electron chi connectivity index (χ0n) is 20.7. The summed E-state index contributed by atoms with van der Waals surface area (Å²) >= 11 is 1.56. The van der Waals surface area contributed by atoms with Crippen LogP contribution in [0.1, 0.15) is 77.4 Å². The van der Waals surface area contributed by atoms with Crippen LogP contribution in [-0.4, -0.2) is 45.3 Å². The van der Waals surface area contributed by atoms with E-state index in [9.17, 15) is 19.8 Å². The van der Waals surface area contributed by atoms with Gasteiger partial charge in [0, 0.05) is 17.7 Å². The van der Waals surface area contributed by atoms with E-state index in [2.05, 4.69) is 11.1 Å². The van der Waals surface area contributed by atoms with E-state index in [-0.39, 0.29) is 18.1 Å². The molecule has 0 radical (unpaired) electrons.